The van der Waals surface area contributed by atoms with Crippen molar-refractivity contribution in [3.63, 3.8) is 0 Å². The number of amides is 2. The summed E-state index contributed by atoms with van der Waals surface area (Å²) >= 11 is 0. The Kier molecular flexibility index (Phi) is 6.80. The number of hydrogen-bond acceptors (Lipinski definition) is 5. The molecule has 0 bridgehead atoms. The third-order valence-corrected chi connectivity index (χ3v) is 6.34. The molecule has 0 aliphatic carbocycles. The van der Waals surface area contributed by atoms with E-state index < -0.39 is 10.0 Å². The highest BCUT2D eigenvalue weighted by Crippen LogP contribution is 2.25. The molecule has 1 aliphatic rings. The first kappa shape index (κ1) is 21.9. The summed E-state index contributed by atoms with van der Waals surface area (Å²) in [6.07, 6.45) is 0.724. The quantitative estimate of drug-likeness (QED) is 0.756. The molecule has 8 nitrogen and oxygen atoms in total. The van der Waals surface area contributed by atoms with Crippen molar-refractivity contribution in [1.82, 2.24) is 14.9 Å². The third kappa shape index (κ3) is 5.53. The van der Waals surface area contributed by atoms with Gasteiger partial charge in [-0.15, -0.1) is 0 Å². The Morgan fingerprint density at radius 2 is 1.82 bits per heavy atom. The lowest BCUT2D eigenvalue weighted by Gasteiger charge is -2.30. The molecule has 9 heteroatoms. The predicted molar refractivity (Wildman–Crippen MR) is 104 cm³/mol. The molecule has 0 saturated carbocycles. The van der Waals surface area contributed by atoms with Crippen LogP contribution in [0.25, 0.3) is 0 Å². The van der Waals surface area contributed by atoms with Crippen molar-refractivity contribution in [3.05, 3.63) is 29.8 Å². The van der Waals surface area contributed by atoms with Crippen LogP contribution in [0, 0.1) is 17.2 Å². The van der Waals surface area contributed by atoms with Gasteiger partial charge in [0.15, 0.2) is 0 Å². The molecular formula is C19H26N4O4S. The van der Waals surface area contributed by atoms with Crippen LogP contribution in [0.1, 0.15) is 39.2 Å². The molecule has 0 radical (unpaired) electrons. The van der Waals surface area contributed by atoms with E-state index in [-0.39, 0.29) is 53.4 Å². The first-order valence-electron chi connectivity index (χ1n) is 9.12. The summed E-state index contributed by atoms with van der Waals surface area (Å²) in [5.41, 5.74) is -0.270. The van der Waals surface area contributed by atoms with Crippen LogP contribution in [-0.2, 0) is 19.6 Å². The monoisotopic (exact) mass is 406 g/mol. The van der Waals surface area contributed by atoms with E-state index in [4.69, 9.17) is 5.26 Å². The average Bonchev–Trinajstić information content (AvgIpc) is 2.64. The lowest BCUT2D eigenvalue weighted by Crippen LogP contribution is -2.48. The molecule has 2 amide bonds. The number of piperidine rings is 1. The molecule has 2 N–H and O–H groups in total. The fourth-order valence-corrected chi connectivity index (χ4v) is 4.67. The molecule has 1 aromatic carbocycles. The van der Waals surface area contributed by atoms with Crippen molar-refractivity contribution in [2.45, 2.75) is 44.0 Å². The SMILES string of the molecule is CC(C)(C)NC(=O)CNC(=O)C1CCN(S(=O)(=O)c2ccccc2C#N)CC1. The number of carbonyl (C=O) groups excluding carboxylic acids is 2. The number of carbonyl (C=O) groups is 2. The van der Waals surface area contributed by atoms with Gasteiger partial charge in [0.2, 0.25) is 21.8 Å². The third-order valence-electron chi connectivity index (χ3n) is 4.39. The highest BCUT2D eigenvalue weighted by molar-refractivity contribution is 7.89. The van der Waals surface area contributed by atoms with Crippen molar-refractivity contribution >= 4 is 21.8 Å². The molecule has 1 fully saturated rings. The Balaban J connectivity index is 1.93. The summed E-state index contributed by atoms with van der Waals surface area (Å²) in [4.78, 5) is 24.1. The van der Waals surface area contributed by atoms with Gasteiger partial charge in [-0.05, 0) is 45.7 Å². The fraction of sp³-hybridized carbons (Fsp3) is 0.526. The van der Waals surface area contributed by atoms with Crippen LogP contribution in [0.15, 0.2) is 29.2 Å². The number of sulfonamides is 1. The Hall–Kier alpha value is -2.44. The Bertz CT molecular complexity index is 876. The summed E-state index contributed by atoms with van der Waals surface area (Å²) in [6.45, 7) is 5.83. The van der Waals surface area contributed by atoms with Gasteiger partial charge in [-0.25, -0.2) is 8.42 Å². The molecule has 1 aliphatic heterocycles. The first-order valence-corrected chi connectivity index (χ1v) is 10.6. The van der Waals surface area contributed by atoms with Gasteiger partial charge >= 0.3 is 0 Å². The van der Waals surface area contributed by atoms with Crippen LogP contribution in [0.3, 0.4) is 0 Å². The molecule has 2 rings (SSSR count). The molecule has 0 atom stereocenters. The predicted octanol–water partition coefficient (Wildman–Crippen LogP) is 0.990. The molecule has 1 heterocycles. The van der Waals surface area contributed by atoms with Gasteiger partial charge in [-0.2, -0.15) is 9.57 Å². The zero-order valence-corrected chi connectivity index (χ0v) is 17.2. The maximum Gasteiger partial charge on any atom is 0.244 e. The Labute approximate surface area is 166 Å². The number of nitrogens with one attached hydrogen (secondary N) is 2. The molecule has 1 aromatic rings. The van der Waals surface area contributed by atoms with E-state index in [0.717, 1.165) is 0 Å². The molecule has 0 spiro atoms. The number of nitrogens with zero attached hydrogens (tertiary/aromatic N) is 2. The summed E-state index contributed by atoms with van der Waals surface area (Å²) in [7, 11) is -3.78. The van der Waals surface area contributed by atoms with Gasteiger partial charge in [-0.3, -0.25) is 9.59 Å². The number of hydrogen-bond donors (Lipinski definition) is 2. The van der Waals surface area contributed by atoms with Gasteiger partial charge in [0.1, 0.15) is 6.07 Å². The van der Waals surface area contributed by atoms with Crippen LogP contribution >= 0.6 is 0 Å². The van der Waals surface area contributed by atoms with Crippen molar-refractivity contribution < 1.29 is 18.0 Å². The summed E-state index contributed by atoms with van der Waals surface area (Å²) in [5.74, 6) is -0.868. The highest BCUT2D eigenvalue weighted by atomic mass is 32.2. The van der Waals surface area contributed by atoms with E-state index in [9.17, 15) is 18.0 Å². The lowest BCUT2D eigenvalue weighted by atomic mass is 9.97. The minimum absolute atomic E-state index is 0.0146. The van der Waals surface area contributed by atoms with E-state index in [1.807, 2.05) is 26.8 Å². The zero-order valence-electron chi connectivity index (χ0n) is 16.4. The average molecular weight is 407 g/mol. The number of rotatable bonds is 5. The molecule has 0 aromatic heterocycles. The number of benzene rings is 1. The van der Waals surface area contributed by atoms with Crippen LogP contribution in [-0.4, -0.2) is 49.7 Å². The zero-order chi connectivity index (χ0) is 20.9. The van der Waals surface area contributed by atoms with Crippen molar-refractivity contribution in [2.75, 3.05) is 19.6 Å². The minimum atomic E-state index is -3.78. The minimum Gasteiger partial charge on any atom is -0.350 e. The normalized spacial score (nSPS) is 16.2. The van der Waals surface area contributed by atoms with Gasteiger partial charge in [0.05, 0.1) is 17.0 Å². The van der Waals surface area contributed by atoms with Gasteiger partial charge in [0.25, 0.3) is 0 Å². The van der Waals surface area contributed by atoms with Crippen molar-refractivity contribution in [1.29, 1.82) is 5.26 Å². The van der Waals surface area contributed by atoms with Crippen LogP contribution in [0.5, 0.6) is 0 Å². The number of nitriles is 1. The Morgan fingerprint density at radius 3 is 2.39 bits per heavy atom. The van der Waals surface area contributed by atoms with Crippen LogP contribution in [0.4, 0.5) is 0 Å². The largest absolute Gasteiger partial charge is 0.350 e. The molecule has 152 valence electrons. The van der Waals surface area contributed by atoms with E-state index in [2.05, 4.69) is 10.6 Å². The van der Waals surface area contributed by atoms with Crippen molar-refractivity contribution in [3.8, 4) is 6.07 Å². The first-order chi connectivity index (χ1) is 13.0. The molecular weight excluding hydrogens is 380 g/mol. The second-order valence-electron chi connectivity index (χ2n) is 7.80. The van der Waals surface area contributed by atoms with Gasteiger partial charge in [0, 0.05) is 24.5 Å². The van der Waals surface area contributed by atoms with E-state index in [1.165, 1.54) is 16.4 Å². The fourth-order valence-electron chi connectivity index (χ4n) is 3.06. The Morgan fingerprint density at radius 1 is 1.21 bits per heavy atom. The van der Waals surface area contributed by atoms with E-state index in [0.29, 0.717) is 12.8 Å². The summed E-state index contributed by atoms with van der Waals surface area (Å²) in [5, 5.41) is 14.5. The second-order valence-corrected chi connectivity index (χ2v) is 9.71. The smallest absolute Gasteiger partial charge is 0.244 e. The lowest BCUT2D eigenvalue weighted by molar-refractivity contribution is -0.129. The summed E-state index contributed by atoms with van der Waals surface area (Å²) in [6, 6.07) is 7.98. The standard InChI is InChI=1S/C19H26N4O4S/c1-19(2,3)22-17(24)13-21-18(25)14-8-10-23(11-9-14)28(26,27)16-7-5-4-6-15(16)12-20/h4-7,14H,8-11,13H2,1-3H3,(H,21,25)(H,22,24). The highest BCUT2D eigenvalue weighted by Gasteiger charge is 2.33. The van der Waals surface area contributed by atoms with Crippen molar-refractivity contribution in [2.24, 2.45) is 5.92 Å². The van der Waals surface area contributed by atoms with Gasteiger partial charge < -0.3 is 10.6 Å². The topological polar surface area (TPSA) is 119 Å². The molecule has 28 heavy (non-hydrogen) atoms. The second kappa shape index (κ2) is 8.71. The molecule has 0 unspecified atom stereocenters. The van der Waals surface area contributed by atoms with Crippen LogP contribution in [0.2, 0.25) is 0 Å². The van der Waals surface area contributed by atoms with Gasteiger partial charge in [-0.1, -0.05) is 12.1 Å². The maximum absolute atomic E-state index is 12.8. The summed E-state index contributed by atoms with van der Waals surface area (Å²) < 4.78 is 26.9. The van der Waals surface area contributed by atoms with Crippen LogP contribution < -0.4 is 10.6 Å². The maximum atomic E-state index is 12.8. The molecule has 1 saturated heterocycles. The van der Waals surface area contributed by atoms with E-state index in [1.54, 1.807) is 12.1 Å². The van der Waals surface area contributed by atoms with E-state index >= 15 is 0 Å².